The minimum Gasteiger partial charge on any atom is -0.368 e. The molecule has 1 aromatic carbocycles. The van der Waals surface area contributed by atoms with Gasteiger partial charge in [-0.15, -0.1) is 0 Å². The number of nitrogens with zero attached hydrogens (tertiary/aromatic N) is 2. The molecule has 0 bridgehead atoms. The number of benzene rings is 1. The van der Waals surface area contributed by atoms with Crippen molar-refractivity contribution in [1.29, 1.82) is 0 Å². The van der Waals surface area contributed by atoms with E-state index in [2.05, 4.69) is 56.0 Å². The Kier molecular flexibility index (Phi) is 3.75. The Balaban J connectivity index is 2.06. The van der Waals surface area contributed by atoms with Crippen LogP contribution in [0.5, 0.6) is 0 Å². The van der Waals surface area contributed by atoms with Gasteiger partial charge in [0.05, 0.1) is 0 Å². The van der Waals surface area contributed by atoms with Crippen LogP contribution in [0.15, 0.2) is 29.0 Å². The Morgan fingerprint density at radius 1 is 1.29 bits per heavy atom. The predicted molar refractivity (Wildman–Crippen MR) is 86.0 cm³/mol. The molecule has 0 saturated heterocycles. The number of aromatic nitrogens is 1. The van der Waals surface area contributed by atoms with Gasteiger partial charge >= 0.3 is 0 Å². The molecule has 0 N–H and O–H groups in total. The third kappa shape index (κ3) is 2.35. The SMILES string of the molecule is CCN(CC)c1conc1C1c2cc(C)ccc2CC1C. The lowest BCUT2D eigenvalue weighted by Gasteiger charge is -2.23. The van der Waals surface area contributed by atoms with E-state index in [0.29, 0.717) is 11.8 Å². The van der Waals surface area contributed by atoms with Crippen molar-refractivity contribution in [1.82, 2.24) is 5.16 Å². The molecule has 1 heterocycles. The van der Waals surface area contributed by atoms with Crippen LogP contribution in [0.1, 0.15) is 49.1 Å². The van der Waals surface area contributed by atoms with Crippen LogP contribution < -0.4 is 4.90 Å². The third-order valence-electron chi connectivity index (χ3n) is 4.72. The molecular weight excluding hydrogens is 260 g/mol. The first-order valence-electron chi connectivity index (χ1n) is 7.94. The highest BCUT2D eigenvalue weighted by Gasteiger charge is 2.35. The van der Waals surface area contributed by atoms with Crippen LogP contribution >= 0.6 is 0 Å². The highest BCUT2D eigenvalue weighted by molar-refractivity contribution is 5.55. The van der Waals surface area contributed by atoms with Gasteiger partial charge in [0.2, 0.25) is 0 Å². The van der Waals surface area contributed by atoms with E-state index in [4.69, 9.17) is 4.52 Å². The second kappa shape index (κ2) is 5.55. The maximum Gasteiger partial charge on any atom is 0.147 e. The Morgan fingerprint density at radius 3 is 2.76 bits per heavy atom. The molecule has 1 aromatic heterocycles. The van der Waals surface area contributed by atoms with Crippen molar-refractivity contribution in [3.63, 3.8) is 0 Å². The molecule has 2 aromatic rings. The smallest absolute Gasteiger partial charge is 0.147 e. The average molecular weight is 284 g/mol. The molecule has 3 rings (SSSR count). The summed E-state index contributed by atoms with van der Waals surface area (Å²) in [6.45, 7) is 10.8. The van der Waals surface area contributed by atoms with Gasteiger partial charge in [-0.25, -0.2) is 0 Å². The number of rotatable bonds is 4. The molecule has 2 unspecified atom stereocenters. The number of aryl methyl sites for hydroxylation is 1. The van der Waals surface area contributed by atoms with Gasteiger partial charge in [-0.2, -0.15) is 0 Å². The summed E-state index contributed by atoms with van der Waals surface area (Å²) >= 11 is 0. The van der Waals surface area contributed by atoms with E-state index in [9.17, 15) is 0 Å². The van der Waals surface area contributed by atoms with Crippen LogP contribution in [0.2, 0.25) is 0 Å². The zero-order valence-electron chi connectivity index (χ0n) is 13.4. The number of fused-ring (bicyclic) bond motifs is 1. The van der Waals surface area contributed by atoms with E-state index in [0.717, 1.165) is 30.9 Å². The van der Waals surface area contributed by atoms with Crippen molar-refractivity contribution >= 4 is 5.69 Å². The van der Waals surface area contributed by atoms with Crippen LogP contribution in [0.4, 0.5) is 5.69 Å². The second-order valence-electron chi connectivity index (χ2n) is 6.12. The fourth-order valence-corrected chi connectivity index (χ4v) is 3.63. The summed E-state index contributed by atoms with van der Waals surface area (Å²) in [5.41, 5.74) is 6.49. The molecular formula is C18H24N2O. The second-order valence-corrected chi connectivity index (χ2v) is 6.12. The maximum absolute atomic E-state index is 5.34. The van der Waals surface area contributed by atoms with Gasteiger partial charge in [-0.1, -0.05) is 35.8 Å². The van der Waals surface area contributed by atoms with E-state index in [1.165, 1.54) is 16.7 Å². The molecule has 3 heteroatoms. The standard InChI is InChI=1S/C18H24N2O/c1-5-20(6-2)16-11-21-19-18(16)17-13(4)10-14-8-7-12(3)9-15(14)17/h7-9,11,13,17H,5-6,10H2,1-4H3. The van der Waals surface area contributed by atoms with Crippen molar-refractivity contribution in [3.8, 4) is 0 Å². The van der Waals surface area contributed by atoms with Gasteiger partial charge in [0.25, 0.3) is 0 Å². The van der Waals surface area contributed by atoms with Gasteiger partial charge in [-0.05, 0) is 44.2 Å². The topological polar surface area (TPSA) is 29.3 Å². The Bertz CT molecular complexity index is 628. The summed E-state index contributed by atoms with van der Waals surface area (Å²) in [6.07, 6.45) is 2.94. The summed E-state index contributed by atoms with van der Waals surface area (Å²) in [7, 11) is 0. The van der Waals surface area contributed by atoms with Crippen molar-refractivity contribution in [2.24, 2.45) is 5.92 Å². The van der Waals surface area contributed by atoms with Crippen LogP contribution in [0, 0.1) is 12.8 Å². The van der Waals surface area contributed by atoms with Crippen LogP contribution in [-0.4, -0.2) is 18.2 Å². The third-order valence-corrected chi connectivity index (χ3v) is 4.72. The molecule has 0 amide bonds. The number of hydrogen-bond donors (Lipinski definition) is 0. The van der Waals surface area contributed by atoms with Gasteiger partial charge in [0.15, 0.2) is 0 Å². The van der Waals surface area contributed by atoms with Crippen molar-refractivity contribution in [3.05, 3.63) is 46.8 Å². The maximum atomic E-state index is 5.34. The molecule has 21 heavy (non-hydrogen) atoms. The van der Waals surface area contributed by atoms with E-state index in [1.54, 1.807) is 0 Å². The van der Waals surface area contributed by atoms with E-state index in [1.807, 2.05) is 6.26 Å². The summed E-state index contributed by atoms with van der Waals surface area (Å²) in [4.78, 5) is 2.33. The first-order valence-corrected chi connectivity index (χ1v) is 7.94. The highest BCUT2D eigenvalue weighted by Crippen LogP contribution is 2.44. The van der Waals surface area contributed by atoms with E-state index >= 15 is 0 Å². The monoisotopic (exact) mass is 284 g/mol. The zero-order valence-corrected chi connectivity index (χ0v) is 13.4. The fraction of sp³-hybridized carbons (Fsp3) is 0.500. The van der Waals surface area contributed by atoms with E-state index in [-0.39, 0.29) is 0 Å². The Hall–Kier alpha value is -1.77. The lowest BCUT2D eigenvalue weighted by atomic mass is 9.89. The largest absolute Gasteiger partial charge is 0.368 e. The molecule has 2 atom stereocenters. The molecule has 112 valence electrons. The van der Waals surface area contributed by atoms with Crippen molar-refractivity contribution in [2.45, 2.75) is 40.0 Å². The van der Waals surface area contributed by atoms with Crippen LogP contribution in [-0.2, 0) is 6.42 Å². The molecule has 0 aliphatic heterocycles. The molecule has 0 fully saturated rings. The minimum atomic E-state index is 0.356. The molecule has 0 radical (unpaired) electrons. The fourth-order valence-electron chi connectivity index (χ4n) is 3.63. The van der Waals surface area contributed by atoms with Gasteiger partial charge in [0.1, 0.15) is 17.6 Å². The van der Waals surface area contributed by atoms with E-state index < -0.39 is 0 Å². The van der Waals surface area contributed by atoms with Gasteiger partial charge in [0, 0.05) is 19.0 Å². The summed E-state index contributed by atoms with van der Waals surface area (Å²) in [5, 5.41) is 4.38. The molecule has 1 aliphatic rings. The molecule has 0 saturated carbocycles. The van der Waals surface area contributed by atoms with Crippen molar-refractivity contribution in [2.75, 3.05) is 18.0 Å². The molecule has 3 nitrogen and oxygen atoms in total. The first kappa shape index (κ1) is 14.2. The Morgan fingerprint density at radius 2 is 2.05 bits per heavy atom. The van der Waals surface area contributed by atoms with Gasteiger partial charge in [-0.3, -0.25) is 0 Å². The summed E-state index contributed by atoms with van der Waals surface area (Å²) in [6, 6.07) is 6.81. The summed E-state index contributed by atoms with van der Waals surface area (Å²) < 4.78 is 5.34. The molecule has 0 spiro atoms. The first-order chi connectivity index (χ1) is 10.2. The Labute approximate surface area is 126 Å². The average Bonchev–Trinajstić information content (AvgIpc) is 3.04. The lowest BCUT2D eigenvalue weighted by Crippen LogP contribution is -2.23. The van der Waals surface area contributed by atoms with Crippen molar-refractivity contribution < 1.29 is 4.52 Å². The quantitative estimate of drug-likeness (QED) is 0.844. The zero-order chi connectivity index (χ0) is 15.0. The predicted octanol–water partition coefficient (Wildman–Crippen LogP) is 4.15. The minimum absolute atomic E-state index is 0.356. The van der Waals surface area contributed by atoms with Gasteiger partial charge < -0.3 is 9.42 Å². The normalized spacial score (nSPS) is 20.6. The number of anilines is 1. The van der Waals surface area contributed by atoms with Crippen LogP contribution in [0.25, 0.3) is 0 Å². The lowest BCUT2D eigenvalue weighted by molar-refractivity contribution is 0.400. The highest BCUT2D eigenvalue weighted by atomic mass is 16.5. The van der Waals surface area contributed by atoms with Crippen LogP contribution in [0.3, 0.4) is 0 Å². The number of hydrogen-bond acceptors (Lipinski definition) is 3. The molecule has 1 aliphatic carbocycles. The summed E-state index contributed by atoms with van der Waals surface area (Å²) in [5.74, 6) is 0.926.